The van der Waals surface area contributed by atoms with Crippen molar-refractivity contribution in [1.29, 1.82) is 0 Å². The zero-order valence-electron chi connectivity index (χ0n) is 13.1. The van der Waals surface area contributed by atoms with Gasteiger partial charge in [0, 0.05) is 17.0 Å². The zero-order chi connectivity index (χ0) is 14.7. The first kappa shape index (κ1) is 15.2. The molecule has 1 unspecified atom stereocenters. The molecule has 1 heterocycles. The van der Waals surface area contributed by atoms with Crippen LogP contribution >= 0.6 is 11.3 Å². The Balaban J connectivity index is 2.27. The molecular formula is C17H24N2S. The van der Waals surface area contributed by atoms with Crippen molar-refractivity contribution in [2.45, 2.75) is 47.1 Å². The molecule has 108 valence electrons. The molecule has 1 N–H and O–H groups in total. The van der Waals surface area contributed by atoms with E-state index in [-0.39, 0.29) is 0 Å². The summed E-state index contributed by atoms with van der Waals surface area (Å²) >= 11 is 1.74. The molecule has 0 radical (unpaired) electrons. The molecule has 0 aliphatic carbocycles. The first-order valence-corrected chi connectivity index (χ1v) is 8.18. The Morgan fingerprint density at radius 2 is 1.85 bits per heavy atom. The molecule has 0 spiro atoms. The van der Waals surface area contributed by atoms with Crippen molar-refractivity contribution in [3.05, 3.63) is 39.9 Å². The second-order valence-corrected chi connectivity index (χ2v) is 6.36. The lowest BCUT2D eigenvalue weighted by Gasteiger charge is -2.10. The second-order valence-electron chi connectivity index (χ2n) is 5.50. The van der Waals surface area contributed by atoms with Gasteiger partial charge < -0.3 is 5.32 Å². The van der Waals surface area contributed by atoms with E-state index >= 15 is 0 Å². The fourth-order valence-corrected chi connectivity index (χ4v) is 3.26. The highest BCUT2D eigenvalue weighted by atomic mass is 32.1. The van der Waals surface area contributed by atoms with Crippen molar-refractivity contribution >= 4 is 11.3 Å². The molecule has 3 heteroatoms. The molecule has 1 aromatic carbocycles. The summed E-state index contributed by atoms with van der Waals surface area (Å²) in [5.41, 5.74) is 6.41. The van der Waals surface area contributed by atoms with Crippen molar-refractivity contribution in [2.24, 2.45) is 0 Å². The molecule has 0 amide bonds. The Kier molecular flexibility index (Phi) is 4.95. The van der Waals surface area contributed by atoms with Gasteiger partial charge in [0.25, 0.3) is 0 Å². The van der Waals surface area contributed by atoms with Crippen molar-refractivity contribution in [1.82, 2.24) is 10.3 Å². The number of hydrogen-bond donors (Lipinski definition) is 1. The van der Waals surface area contributed by atoms with Crippen LogP contribution in [0.2, 0.25) is 0 Å². The average molecular weight is 288 g/mol. The number of aromatic nitrogens is 1. The van der Waals surface area contributed by atoms with E-state index in [0.29, 0.717) is 6.04 Å². The molecule has 2 aromatic rings. The molecule has 1 atom stereocenters. The summed E-state index contributed by atoms with van der Waals surface area (Å²) in [5.74, 6) is 0. The molecular weight excluding hydrogens is 264 g/mol. The molecule has 20 heavy (non-hydrogen) atoms. The molecule has 0 saturated heterocycles. The standard InChI is InChI=1S/C17H24N2S/c1-6-7-18-14(5)16-10-20-17(19-16)15-9-12(3)11(2)8-13(15)4/h8-10,14,18H,6-7H2,1-5H3. The molecule has 2 nitrogen and oxygen atoms in total. The number of rotatable bonds is 5. The molecule has 0 bridgehead atoms. The Morgan fingerprint density at radius 3 is 2.55 bits per heavy atom. The second kappa shape index (κ2) is 6.51. The SMILES string of the molecule is CCCNC(C)c1csc(-c2cc(C)c(C)cc2C)n1. The quantitative estimate of drug-likeness (QED) is 0.855. The van der Waals surface area contributed by atoms with Gasteiger partial charge in [0.05, 0.1) is 5.69 Å². The van der Waals surface area contributed by atoms with Crippen LogP contribution in [-0.2, 0) is 0 Å². The van der Waals surface area contributed by atoms with E-state index in [0.717, 1.165) is 23.7 Å². The maximum absolute atomic E-state index is 4.82. The first-order valence-electron chi connectivity index (χ1n) is 7.30. The number of nitrogens with zero attached hydrogens (tertiary/aromatic N) is 1. The van der Waals surface area contributed by atoms with Gasteiger partial charge in [-0.3, -0.25) is 0 Å². The van der Waals surface area contributed by atoms with Crippen LogP contribution in [0.15, 0.2) is 17.5 Å². The number of hydrogen-bond acceptors (Lipinski definition) is 3. The predicted molar refractivity (Wildman–Crippen MR) is 88.5 cm³/mol. The average Bonchev–Trinajstić information content (AvgIpc) is 2.89. The van der Waals surface area contributed by atoms with Crippen molar-refractivity contribution in [3.8, 4) is 10.6 Å². The maximum Gasteiger partial charge on any atom is 0.123 e. The molecule has 0 aliphatic heterocycles. The van der Waals surface area contributed by atoms with E-state index < -0.39 is 0 Å². The number of aryl methyl sites for hydroxylation is 3. The van der Waals surface area contributed by atoms with Crippen LogP contribution in [0.4, 0.5) is 0 Å². The van der Waals surface area contributed by atoms with Crippen LogP contribution in [0.3, 0.4) is 0 Å². The predicted octanol–water partition coefficient (Wildman–Crippen LogP) is 4.80. The van der Waals surface area contributed by atoms with Crippen LogP contribution in [0.1, 0.15) is 48.7 Å². The van der Waals surface area contributed by atoms with Crippen LogP contribution in [0, 0.1) is 20.8 Å². The Bertz CT molecular complexity index is 587. The lowest BCUT2D eigenvalue weighted by atomic mass is 10.0. The molecule has 2 rings (SSSR count). The maximum atomic E-state index is 4.82. The lowest BCUT2D eigenvalue weighted by Crippen LogP contribution is -2.19. The minimum atomic E-state index is 0.326. The number of nitrogens with one attached hydrogen (secondary N) is 1. The van der Waals surface area contributed by atoms with Gasteiger partial charge in [0.2, 0.25) is 0 Å². The van der Waals surface area contributed by atoms with Gasteiger partial charge in [-0.25, -0.2) is 4.98 Å². The molecule has 0 saturated carbocycles. The van der Waals surface area contributed by atoms with Gasteiger partial charge in [0.1, 0.15) is 5.01 Å². The highest BCUT2D eigenvalue weighted by Gasteiger charge is 2.12. The van der Waals surface area contributed by atoms with E-state index in [1.54, 1.807) is 11.3 Å². The summed E-state index contributed by atoms with van der Waals surface area (Å²) in [6.45, 7) is 11.9. The molecule has 0 fully saturated rings. The largest absolute Gasteiger partial charge is 0.309 e. The van der Waals surface area contributed by atoms with Crippen molar-refractivity contribution in [2.75, 3.05) is 6.54 Å². The highest BCUT2D eigenvalue weighted by molar-refractivity contribution is 7.13. The summed E-state index contributed by atoms with van der Waals surface area (Å²) < 4.78 is 0. The van der Waals surface area contributed by atoms with Gasteiger partial charge in [0.15, 0.2) is 0 Å². The van der Waals surface area contributed by atoms with Crippen LogP contribution in [0.5, 0.6) is 0 Å². The van der Waals surface area contributed by atoms with Gasteiger partial charge in [-0.1, -0.05) is 13.0 Å². The van der Waals surface area contributed by atoms with Gasteiger partial charge >= 0.3 is 0 Å². The summed E-state index contributed by atoms with van der Waals surface area (Å²) in [7, 11) is 0. The van der Waals surface area contributed by atoms with Crippen LogP contribution < -0.4 is 5.32 Å². The third-order valence-electron chi connectivity index (χ3n) is 3.74. The summed E-state index contributed by atoms with van der Waals surface area (Å²) in [4.78, 5) is 4.82. The third kappa shape index (κ3) is 3.28. The normalized spacial score (nSPS) is 12.7. The first-order chi connectivity index (χ1) is 9.52. The van der Waals surface area contributed by atoms with E-state index in [4.69, 9.17) is 4.98 Å². The molecule has 0 aliphatic rings. The zero-order valence-corrected chi connectivity index (χ0v) is 13.9. The van der Waals surface area contributed by atoms with Gasteiger partial charge in [-0.2, -0.15) is 0 Å². The smallest absolute Gasteiger partial charge is 0.123 e. The van der Waals surface area contributed by atoms with Gasteiger partial charge in [-0.15, -0.1) is 11.3 Å². The van der Waals surface area contributed by atoms with Crippen LogP contribution in [-0.4, -0.2) is 11.5 Å². The van der Waals surface area contributed by atoms with E-state index in [1.165, 1.54) is 22.3 Å². The Morgan fingerprint density at radius 1 is 1.15 bits per heavy atom. The summed E-state index contributed by atoms with van der Waals surface area (Å²) in [6, 6.07) is 4.84. The molecule has 1 aromatic heterocycles. The Labute approximate surface area is 126 Å². The minimum absolute atomic E-state index is 0.326. The summed E-state index contributed by atoms with van der Waals surface area (Å²) in [5, 5.41) is 6.80. The van der Waals surface area contributed by atoms with E-state index in [1.807, 2.05) is 0 Å². The Hall–Kier alpha value is -1.19. The van der Waals surface area contributed by atoms with Crippen molar-refractivity contribution in [3.63, 3.8) is 0 Å². The van der Waals surface area contributed by atoms with Gasteiger partial charge in [-0.05, 0) is 63.4 Å². The fourth-order valence-electron chi connectivity index (χ4n) is 2.27. The number of thiazole rings is 1. The van der Waals surface area contributed by atoms with Crippen LogP contribution in [0.25, 0.3) is 10.6 Å². The summed E-state index contributed by atoms with van der Waals surface area (Å²) in [6.07, 6.45) is 1.15. The third-order valence-corrected chi connectivity index (χ3v) is 4.63. The number of benzene rings is 1. The van der Waals surface area contributed by atoms with E-state index in [2.05, 4.69) is 57.4 Å². The minimum Gasteiger partial charge on any atom is -0.309 e. The van der Waals surface area contributed by atoms with E-state index in [9.17, 15) is 0 Å². The topological polar surface area (TPSA) is 24.9 Å². The fraction of sp³-hybridized carbons (Fsp3) is 0.471. The van der Waals surface area contributed by atoms with Crippen molar-refractivity contribution < 1.29 is 0 Å². The monoisotopic (exact) mass is 288 g/mol. The lowest BCUT2D eigenvalue weighted by molar-refractivity contribution is 0.561. The highest BCUT2D eigenvalue weighted by Crippen LogP contribution is 2.30.